The lowest BCUT2D eigenvalue weighted by molar-refractivity contribution is -0.118. The number of benzene rings is 2. The van der Waals surface area contributed by atoms with Crippen LogP contribution in [0, 0.1) is 18.3 Å². The Morgan fingerprint density at radius 3 is 2.70 bits per heavy atom. The number of aryl methyl sites for hydroxylation is 1. The highest BCUT2D eigenvalue weighted by atomic mass is 16.5. The molecule has 0 radical (unpaired) electrons. The maximum Gasteiger partial charge on any atom is 0.263 e. The summed E-state index contributed by atoms with van der Waals surface area (Å²) in [5, 5.41) is 17.5. The summed E-state index contributed by atoms with van der Waals surface area (Å²) in [6.45, 7) is 8.12. The van der Waals surface area contributed by atoms with E-state index in [2.05, 4.69) is 48.3 Å². The molecule has 4 rings (SSSR count). The van der Waals surface area contributed by atoms with E-state index in [1.165, 1.54) is 10.9 Å². The van der Waals surface area contributed by atoms with E-state index in [9.17, 15) is 10.1 Å². The number of fused-ring (bicyclic) bond motifs is 1. The van der Waals surface area contributed by atoms with Crippen LogP contribution in [0.3, 0.4) is 0 Å². The summed E-state index contributed by atoms with van der Waals surface area (Å²) in [6.07, 6.45) is 1.41. The lowest BCUT2D eigenvalue weighted by Crippen LogP contribution is -2.24. The number of nitriles is 1. The fourth-order valence-corrected chi connectivity index (χ4v) is 3.56. The van der Waals surface area contributed by atoms with Crippen LogP contribution in [0.15, 0.2) is 60.8 Å². The first kappa shape index (κ1) is 22.0. The molecule has 1 N–H and O–H groups in total. The zero-order valence-corrected chi connectivity index (χ0v) is 19.1. The Kier molecular flexibility index (Phi) is 5.84. The quantitative estimate of drug-likeness (QED) is 0.477. The number of pyridine rings is 1. The zero-order valence-electron chi connectivity index (χ0n) is 19.1. The number of ether oxygens (including phenoxy) is 1. The number of nitrogens with zero attached hydrogens (tertiary/aromatic N) is 4. The number of rotatable bonds is 5. The molecule has 33 heavy (non-hydrogen) atoms. The summed E-state index contributed by atoms with van der Waals surface area (Å²) in [5.74, 6) is 1.02. The number of hydrogen-bond acceptors (Lipinski definition) is 5. The Balaban J connectivity index is 1.57. The number of anilines is 1. The number of carbonyl (C=O) groups is 1. The topological polar surface area (TPSA) is 92.8 Å². The van der Waals surface area contributed by atoms with Gasteiger partial charge in [-0.1, -0.05) is 56.7 Å². The van der Waals surface area contributed by atoms with Crippen molar-refractivity contribution in [3.8, 4) is 17.6 Å². The third-order valence-electron chi connectivity index (χ3n) is 5.25. The molecule has 2 heterocycles. The van der Waals surface area contributed by atoms with Crippen LogP contribution in [0.1, 0.15) is 37.5 Å². The van der Waals surface area contributed by atoms with Crippen LogP contribution in [0.5, 0.6) is 5.75 Å². The summed E-state index contributed by atoms with van der Waals surface area (Å²) in [6, 6.07) is 19.4. The standard InChI is InChI=1S/C26H25N5O2/c1-17-9-11-22(20(13-17)26(2,3)4)33-16-24(32)30-25-19(14-27)15-28-31(25)23-12-10-18-7-5-6-8-21(18)29-23/h5-13,15H,16H2,1-4H3,(H,30,32). The third-order valence-corrected chi connectivity index (χ3v) is 5.25. The Hall–Kier alpha value is -4.18. The van der Waals surface area contributed by atoms with Gasteiger partial charge in [0, 0.05) is 5.39 Å². The van der Waals surface area contributed by atoms with Crippen LogP contribution >= 0.6 is 0 Å². The number of hydrogen-bond donors (Lipinski definition) is 1. The summed E-state index contributed by atoms with van der Waals surface area (Å²) >= 11 is 0. The summed E-state index contributed by atoms with van der Waals surface area (Å²) < 4.78 is 7.32. The van der Waals surface area contributed by atoms with Gasteiger partial charge in [0.25, 0.3) is 5.91 Å². The highest BCUT2D eigenvalue weighted by molar-refractivity contribution is 5.92. The van der Waals surface area contributed by atoms with Gasteiger partial charge in [-0.25, -0.2) is 4.98 Å². The van der Waals surface area contributed by atoms with Crippen LogP contribution in [0.4, 0.5) is 5.82 Å². The van der Waals surface area contributed by atoms with E-state index >= 15 is 0 Å². The Bertz CT molecular complexity index is 1380. The highest BCUT2D eigenvalue weighted by Gasteiger charge is 2.21. The van der Waals surface area contributed by atoms with Gasteiger partial charge in [0.15, 0.2) is 18.2 Å². The number of amides is 1. The second-order valence-corrected chi connectivity index (χ2v) is 8.88. The molecule has 7 nitrogen and oxygen atoms in total. The van der Waals surface area contributed by atoms with Crippen molar-refractivity contribution in [3.05, 3.63) is 77.5 Å². The van der Waals surface area contributed by atoms with Crippen molar-refractivity contribution in [2.24, 2.45) is 0 Å². The van der Waals surface area contributed by atoms with Crippen LogP contribution in [0.2, 0.25) is 0 Å². The summed E-state index contributed by atoms with van der Waals surface area (Å²) in [7, 11) is 0. The van der Waals surface area contributed by atoms with Crippen molar-refractivity contribution in [2.45, 2.75) is 33.1 Å². The van der Waals surface area contributed by atoms with Gasteiger partial charge in [-0.05, 0) is 42.2 Å². The van der Waals surface area contributed by atoms with E-state index in [0.717, 1.165) is 22.0 Å². The van der Waals surface area contributed by atoms with Crippen molar-refractivity contribution in [1.29, 1.82) is 5.26 Å². The molecule has 0 aliphatic carbocycles. The van der Waals surface area contributed by atoms with Gasteiger partial charge in [0.1, 0.15) is 17.4 Å². The van der Waals surface area contributed by atoms with Gasteiger partial charge in [-0.2, -0.15) is 15.0 Å². The van der Waals surface area contributed by atoms with Crippen molar-refractivity contribution in [1.82, 2.24) is 14.8 Å². The minimum Gasteiger partial charge on any atom is -0.483 e. The molecule has 0 atom stereocenters. The van der Waals surface area contributed by atoms with E-state index in [0.29, 0.717) is 11.6 Å². The van der Waals surface area contributed by atoms with Gasteiger partial charge in [0.05, 0.1) is 11.7 Å². The summed E-state index contributed by atoms with van der Waals surface area (Å²) in [4.78, 5) is 17.4. The molecule has 7 heteroatoms. The molecule has 1 amide bonds. The maximum absolute atomic E-state index is 12.8. The smallest absolute Gasteiger partial charge is 0.263 e. The average molecular weight is 440 g/mol. The highest BCUT2D eigenvalue weighted by Crippen LogP contribution is 2.32. The molecule has 0 saturated carbocycles. The molecular weight excluding hydrogens is 414 g/mol. The molecule has 0 aliphatic rings. The van der Waals surface area contributed by atoms with E-state index in [4.69, 9.17) is 4.74 Å². The van der Waals surface area contributed by atoms with E-state index < -0.39 is 5.91 Å². The summed E-state index contributed by atoms with van der Waals surface area (Å²) in [5.41, 5.74) is 3.05. The number of nitrogens with one attached hydrogen (secondary N) is 1. The van der Waals surface area contributed by atoms with Gasteiger partial charge in [-0.3, -0.25) is 4.79 Å². The normalized spacial score (nSPS) is 11.2. The van der Waals surface area contributed by atoms with Gasteiger partial charge in [0.2, 0.25) is 0 Å². The van der Waals surface area contributed by atoms with Crippen LogP contribution < -0.4 is 10.1 Å². The molecule has 0 fully saturated rings. The molecule has 2 aromatic heterocycles. The SMILES string of the molecule is Cc1ccc(OCC(=O)Nc2c(C#N)cnn2-c2ccc3ccccc3n2)c(C(C)(C)C)c1. The average Bonchev–Trinajstić information content (AvgIpc) is 3.19. The predicted molar refractivity (Wildman–Crippen MR) is 128 cm³/mol. The van der Waals surface area contributed by atoms with Crippen molar-refractivity contribution >= 4 is 22.6 Å². The molecule has 4 aromatic rings. The Morgan fingerprint density at radius 2 is 1.94 bits per heavy atom. The second kappa shape index (κ2) is 8.75. The van der Waals surface area contributed by atoms with Gasteiger partial charge >= 0.3 is 0 Å². The maximum atomic E-state index is 12.8. The fourth-order valence-electron chi connectivity index (χ4n) is 3.56. The molecule has 0 saturated heterocycles. The first-order valence-corrected chi connectivity index (χ1v) is 10.6. The van der Waals surface area contributed by atoms with Crippen molar-refractivity contribution < 1.29 is 9.53 Å². The minimum absolute atomic E-state index is 0.133. The van der Waals surface area contributed by atoms with Gasteiger partial charge in [-0.15, -0.1) is 0 Å². The van der Waals surface area contributed by atoms with Crippen molar-refractivity contribution in [2.75, 3.05) is 11.9 Å². The minimum atomic E-state index is -0.394. The number of para-hydroxylation sites is 1. The largest absolute Gasteiger partial charge is 0.483 e. The molecule has 0 aliphatic heterocycles. The fraction of sp³-hybridized carbons (Fsp3) is 0.231. The van der Waals surface area contributed by atoms with Gasteiger partial charge < -0.3 is 10.1 Å². The van der Waals surface area contributed by atoms with Crippen molar-refractivity contribution in [3.63, 3.8) is 0 Å². The number of aromatic nitrogens is 3. The third kappa shape index (κ3) is 4.70. The van der Waals surface area contributed by atoms with Crippen LogP contribution in [-0.2, 0) is 10.2 Å². The molecule has 166 valence electrons. The molecule has 0 unspecified atom stereocenters. The first-order valence-electron chi connectivity index (χ1n) is 10.6. The lowest BCUT2D eigenvalue weighted by atomic mass is 9.85. The van der Waals surface area contributed by atoms with E-state index in [1.54, 1.807) is 6.07 Å². The zero-order chi connectivity index (χ0) is 23.6. The predicted octanol–water partition coefficient (Wildman–Crippen LogP) is 4.92. The second-order valence-electron chi connectivity index (χ2n) is 8.88. The molecular formula is C26H25N5O2. The van der Waals surface area contributed by atoms with E-state index in [-0.39, 0.29) is 23.4 Å². The Morgan fingerprint density at radius 1 is 1.15 bits per heavy atom. The number of carbonyl (C=O) groups excluding carboxylic acids is 1. The first-order chi connectivity index (χ1) is 15.8. The molecule has 2 aromatic carbocycles. The van der Waals surface area contributed by atoms with Crippen LogP contribution in [0.25, 0.3) is 16.7 Å². The van der Waals surface area contributed by atoms with Crippen LogP contribution in [-0.4, -0.2) is 27.3 Å². The Labute approximate surface area is 192 Å². The monoisotopic (exact) mass is 439 g/mol. The molecule has 0 spiro atoms. The molecule has 0 bridgehead atoms. The lowest BCUT2D eigenvalue weighted by Gasteiger charge is -2.23. The van der Waals surface area contributed by atoms with E-state index in [1.807, 2.05) is 49.4 Å².